The lowest BCUT2D eigenvalue weighted by atomic mass is 10.00. The van der Waals surface area contributed by atoms with E-state index in [4.69, 9.17) is 9.47 Å². The number of fused-ring (bicyclic) bond motifs is 1. The molecule has 0 fully saturated rings. The molecule has 0 radical (unpaired) electrons. The second-order valence-corrected chi connectivity index (χ2v) is 6.45. The maximum Gasteiger partial charge on any atom is 0.275 e. The van der Waals surface area contributed by atoms with Crippen LogP contribution in [0.1, 0.15) is 11.6 Å². The molecule has 0 saturated carbocycles. The molecule has 1 aromatic heterocycles. The molecule has 3 aromatic rings. The number of rotatable bonds is 4. The van der Waals surface area contributed by atoms with Crippen molar-refractivity contribution in [3.63, 3.8) is 0 Å². The Bertz CT molecular complexity index is 1070. The molecule has 9 heteroatoms. The fraction of sp³-hybridized carbons (Fsp3) is 0.158. The molecule has 2 aliphatic heterocycles. The van der Waals surface area contributed by atoms with E-state index in [9.17, 15) is 10.1 Å². The first kappa shape index (κ1) is 16.3. The van der Waals surface area contributed by atoms with Gasteiger partial charge in [0.15, 0.2) is 23.4 Å². The number of hydrogen-bond acceptors (Lipinski definition) is 7. The number of ether oxygens (including phenoxy) is 2. The first-order valence-corrected chi connectivity index (χ1v) is 8.68. The number of nitrogens with zero attached hydrogens (tertiary/aromatic N) is 4. The molecule has 2 aromatic carbocycles. The lowest BCUT2D eigenvalue weighted by Gasteiger charge is -2.22. The van der Waals surface area contributed by atoms with E-state index < -0.39 is 12.1 Å². The van der Waals surface area contributed by atoms with Crippen LogP contribution >= 0.6 is 0 Å². The number of H-pyrrole nitrogens is 1. The zero-order chi connectivity index (χ0) is 19.1. The number of nitrogens with one attached hydrogen (secondary N) is 1. The van der Waals surface area contributed by atoms with Gasteiger partial charge in [0.1, 0.15) is 6.21 Å². The summed E-state index contributed by atoms with van der Waals surface area (Å²) >= 11 is 0. The predicted molar refractivity (Wildman–Crippen MR) is 101 cm³/mol. The van der Waals surface area contributed by atoms with E-state index in [1.165, 1.54) is 6.21 Å². The Balaban J connectivity index is 1.52. The minimum atomic E-state index is -1.00. The maximum atomic E-state index is 11.6. The van der Waals surface area contributed by atoms with E-state index in [-0.39, 0.29) is 11.7 Å². The number of hydrazone groups is 1. The van der Waals surface area contributed by atoms with Crippen molar-refractivity contribution in [2.75, 3.05) is 11.8 Å². The van der Waals surface area contributed by atoms with Gasteiger partial charge in [0, 0.05) is 11.0 Å². The van der Waals surface area contributed by atoms with E-state index in [2.05, 4.69) is 15.3 Å². The molecule has 0 aliphatic carbocycles. The van der Waals surface area contributed by atoms with Crippen LogP contribution in [-0.2, 0) is 0 Å². The van der Waals surface area contributed by atoms with Crippen LogP contribution in [0.25, 0.3) is 11.3 Å². The van der Waals surface area contributed by atoms with Gasteiger partial charge in [-0.3, -0.25) is 15.2 Å². The van der Waals surface area contributed by atoms with Crippen molar-refractivity contribution in [2.45, 2.75) is 12.1 Å². The molecule has 3 heterocycles. The van der Waals surface area contributed by atoms with Crippen LogP contribution in [0.5, 0.6) is 11.5 Å². The van der Waals surface area contributed by atoms with Gasteiger partial charge < -0.3 is 9.47 Å². The van der Waals surface area contributed by atoms with E-state index >= 15 is 0 Å². The third-order valence-electron chi connectivity index (χ3n) is 4.80. The van der Waals surface area contributed by atoms with E-state index in [1.54, 1.807) is 23.2 Å². The van der Waals surface area contributed by atoms with Crippen LogP contribution < -0.4 is 14.5 Å². The van der Waals surface area contributed by atoms with Crippen molar-refractivity contribution >= 4 is 12.0 Å². The van der Waals surface area contributed by atoms with Gasteiger partial charge in [-0.15, -0.1) is 0 Å². The van der Waals surface area contributed by atoms with E-state index in [0.29, 0.717) is 22.9 Å². The quantitative estimate of drug-likeness (QED) is 0.553. The Morgan fingerprint density at radius 3 is 2.75 bits per heavy atom. The molecular formula is C19H15N5O4. The number of aromatic nitrogens is 2. The Kier molecular flexibility index (Phi) is 3.71. The van der Waals surface area contributed by atoms with Crippen LogP contribution in [0, 0.1) is 10.1 Å². The normalized spacial score (nSPS) is 19.9. The first-order valence-electron chi connectivity index (χ1n) is 8.68. The largest absolute Gasteiger partial charge is 0.454 e. The van der Waals surface area contributed by atoms with Gasteiger partial charge in [-0.2, -0.15) is 10.2 Å². The molecule has 2 unspecified atom stereocenters. The third kappa shape index (κ3) is 2.64. The van der Waals surface area contributed by atoms with Gasteiger partial charge in [0.05, 0.1) is 5.69 Å². The second kappa shape index (κ2) is 6.38. The van der Waals surface area contributed by atoms with Gasteiger partial charge in [0.25, 0.3) is 6.04 Å². The summed E-state index contributed by atoms with van der Waals surface area (Å²) in [5.41, 5.74) is 2.47. The van der Waals surface area contributed by atoms with Crippen molar-refractivity contribution in [1.29, 1.82) is 0 Å². The molecule has 0 saturated heterocycles. The van der Waals surface area contributed by atoms with Gasteiger partial charge >= 0.3 is 0 Å². The second-order valence-electron chi connectivity index (χ2n) is 6.45. The Morgan fingerprint density at radius 1 is 1.11 bits per heavy atom. The number of aromatic amines is 1. The molecule has 9 nitrogen and oxygen atoms in total. The third-order valence-corrected chi connectivity index (χ3v) is 4.80. The lowest BCUT2D eigenvalue weighted by Crippen LogP contribution is -2.33. The highest BCUT2D eigenvalue weighted by atomic mass is 16.7. The van der Waals surface area contributed by atoms with Gasteiger partial charge in [0.2, 0.25) is 6.79 Å². The van der Waals surface area contributed by atoms with Crippen molar-refractivity contribution in [3.05, 3.63) is 70.3 Å². The average molecular weight is 377 g/mol. The van der Waals surface area contributed by atoms with E-state index in [1.807, 2.05) is 36.4 Å². The zero-order valence-electron chi connectivity index (χ0n) is 14.6. The highest BCUT2D eigenvalue weighted by Gasteiger charge is 2.43. The summed E-state index contributed by atoms with van der Waals surface area (Å²) in [5, 5.41) is 24.8. The molecule has 1 N–H and O–H groups in total. The maximum absolute atomic E-state index is 11.6. The van der Waals surface area contributed by atoms with Crippen LogP contribution in [0.2, 0.25) is 0 Å². The highest BCUT2D eigenvalue weighted by Crippen LogP contribution is 2.40. The molecule has 0 amide bonds. The minimum absolute atomic E-state index is 0.141. The smallest absolute Gasteiger partial charge is 0.275 e. The Morgan fingerprint density at radius 2 is 1.93 bits per heavy atom. The first-order chi connectivity index (χ1) is 13.7. The molecule has 5 rings (SSSR count). The molecule has 2 aliphatic rings. The monoisotopic (exact) mass is 377 g/mol. The van der Waals surface area contributed by atoms with Crippen molar-refractivity contribution in [3.8, 4) is 22.8 Å². The molecule has 2 atom stereocenters. The summed E-state index contributed by atoms with van der Waals surface area (Å²) in [6.07, 6.45) is 1.34. The summed E-state index contributed by atoms with van der Waals surface area (Å²) in [4.78, 5) is 11.3. The van der Waals surface area contributed by atoms with Crippen LogP contribution in [-0.4, -0.2) is 34.2 Å². The SMILES string of the molecule is O=[N+]([O-])C1C=NN(c2cc(-c3ccccc3)[nH]n2)C1c1ccc2c(c1)OCO2. The van der Waals surface area contributed by atoms with Crippen LogP contribution in [0.3, 0.4) is 0 Å². The summed E-state index contributed by atoms with van der Waals surface area (Å²) in [7, 11) is 0. The van der Waals surface area contributed by atoms with Crippen LogP contribution in [0.15, 0.2) is 59.7 Å². The van der Waals surface area contributed by atoms with E-state index in [0.717, 1.165) is 11.3 Å². The fourth-order valence-corrected chi connectivity index (χ4v) is 3.44. The standard InChI is InChI=1S/C19H15N5O4/c25-24(26)15-10-20-23(18-9-14(21-22-18)12-4-2-1-3-5-12)19(15)13-6-7-16-17(8-13)28-11-27-16/h1-10,15,19H,11H2,(H,21,22). The van der Waals surface area contributed by atoms with Gasteiger partial charge in [-0.25, -0.2) is 5.01 Å². The summed E-state index contributed by atoms with van der Waals surface area (Å²) in [5.74, 6) is 1.69. The van der Waals surface area contributed by atoms with Gasteiger partial charge in [-0.05, 0) is 23.3 Å². The number of nitro groups is 1. The topological polar surface area (TPSA) is 106 Å². The van der Waals surface area contributed by atoms with Crippen LogP contribution in [0.4, 0.5) is 5.82 Å². The summed E-state index contributed by atoms with van der Waals surface area (Å²) < 4.78 is 10.8. The molecule has 0 spiro atoms. The van der Waals surface area contributed by atoms with Crippen molar-refractivity contribution in [2.24, 2.45) is 5.10 Å². The Hall–Kier alpha value is -3.88. The summed E-state index contributed by atoms with van der Waals surface area (Å²) in [6, 6.07) is 15.2. The Labute approximate surface area is 159 Å². The number of benzene rings is 2. The predicted octanol–water partition coefficient (Wildman–Crippen LogP) is 3.00. The van der Waals surface area contributed by atoms with Crippen molar-refractivity contribution in [1.82, 2.24) is 10.2 Å². The fourth-order valence-electron chi connectivity index (χ4n) is 3.44. The minimum Gasteiger partial charge on any atom is -0.454 e. The molecule has 140 valence electrons. The number of hydrogen-bond donors (Lipinski definition) is 1. The molecule has 28 heavy (non-hydrogen) atoms. The van der Waals surface area contributed by atoms with Crippen molar-refractivity contribution < 1.29 is 14.4 Å². The molecule has 0 bridgehead atoms. The van der Waals surface area contributed by atoms with Gasteiger partial charge in [-0.1, -0.05) is 36.4 Å². The zero-order valence-corrected chi connectivity index (χ0v) is 14.6. The number of anilines is 1. The highest BCUT2D eigenvalue weighted by molar-refractivity contribution is 5.73. The average Bonchev–Trinajstić information content (AvgIpc) is 3.45. The summed E-state index contributed by atoms with van der Waals surface area (Å²) in [6.45, 7) is 0.141. The molecular weight excluding hydrogens is 362 g/mol. The lowest BCUT2D eigenvalue weighted by molar-refractivity contribution is -0.504.